The molecule has 2 nitrogen and oxygen atoms in total. The number of hydrogen-bond acceptors (Lipinski definition) is 1. The lowest BCUT2D eigenvalue weighted by atomic mass is 9.83. The number of H-pyrrole nitrogens is 1. The zero-order valence-corrected chi connectivity index (χ0v) is 9.93. The van der Waals surface area contributed by atoms with Gasteiger partial charge in [0.15, 0.2) is 0 Å². The molecule has 3 rings (SSSR count). The summed E-state index contributed by atoms with van der Waals surface area (Å²) < 4.78 is 0. The predicted molar refractivity (Wildman–Crippen MR) is 66.9 cm³/mol. The van der Waals surface area contributed by atoms with Crippen LogP contribution in [0.2, 0.25) is 5.02 Å². The molecule has 0 saturated heterocycles. The average molecular weight is 235 g/mol. The summed E-state index contributed by atoms with van der Waals surface area (Å²) in [6.45, 7) is 0. The Balaban J connectivity index is 2.09. The summed E-state index contributed by atoms with van der Waals surface area (Å²) >= 11 is 6.15. The van der Waals surface area contributed by atoms with Gasteiger partial charge < -0.3 is 0 Å². The molecular formula is C13H15ClN2. The highest BCUT2D eigenvalue weighted by Gasteiger charge is 2.18. The third-order valence-corrected chi connectivity index (χ3v) is 3.82. The van der Waals surface area contributed by atoms with E-state index in [1.54, 1.807) is 0 Å². The molecular weight excluding hydrogens is 220 g/mol. The summed E-state index contributed by atoms with van der Waals surface area (Å²) in [5.41, 5.74) is 2.45. The third-order valence-electron chi connectivity index (χ3n) is 3.60. The third kappa shape index (κ3) is 1.71. The fourth-order valence-corrected chi connectivity index (χ4v) is 3.02. The van der Waals surface area contributed by atoms with Crippen LogP contribution in [-0.2, 0) is 0 Å². The second-order valence-corrected chi connectivity index (χ2v) is 5.10. The van der Waals surface area contributed by atoms with Gasteiger partial charge in [-0.1, -0.05) is 30.9 Å². The molecule has 16 heavy (non-hydrogen) atoms. The van der Waals surface area contributed by atoms with Crippen LogP contribution in [0.3, 0.4) is 0 Å². The highest BCUT2D eigenvalue weighted by Crippen LogP contribution is 2.37. The molecule has 1 heterocycles. The molecule has 1 aromatic heterocycles. The van der Waals surface area contributed by atoms with E-state index in [9.17, 15) is 0 Å². The maximum atomic E-state index is 6.15. The van der Waals surface area contributed by atoms with Crippen molar-refractivity contribution in [1.82, 2.24) is 10.2 Å². The van der Waals surface area contributed by atoms with Crippen molar-refractivity contribution in [2.24, 2.45) is 0 Å². The molecule has 1 N–H and O–H groups in total. The summed E-state index contributed by atoms with van der Waals surface area (Å²) in [6, 6.07) is 4.08. The van der Waals surface area contributed by atoms with Gasteiger partial charge in [0.1, 0.15) is 0 Å². The fourth-order valence-electron chi connectivity index (χ4n) is 2.79. The maximum absolute atomic E-state index is 6.15. The Kier molecular flexibility index (Phi) is 2.60. The van der Waals surface area contributed by atoms with E-state index in [0.29, 0.717) is 5.92 Å². The Morgan fingerprint density at radius 1 is 1.19 bits per heavy atom. The standard InChI is InChI=1S/C13H15ClN2/c14-10-6-11(9-4-2-1-3-5-9)12-8-15-16-13(12)7-10/h6-9H,1-5H2,(H,15,16). The maximum Gasteiger partial charge on any atom is 0.0668 e. The quantitative estimate of drug-likeness (QED) is 0.785. The van der Waals surface area contributed by atoms with Crippen LogP contribution in [0.1, 0.15) is 43.6 Å². The summed E-state index contributed by atoms with van der Waals surface area (Å²) in [4.78, 5) is 0. The van der Waals surface area contributed by atoms with Crippen molar-refractivity contribution < 1.29 is 0 Å². The zero-order chi connectivity index (χ0) is 11.0. The lowest BCUT2D eigenvalue weighted by molar-refractivity contribution is 0.445. The lowest BCUT2D eigenvalue weighted by Gasteiger charge is -2.22. The van der Waals surface area contributed by atoms with Crippen LogP contribution >= 0.6 is 11.6 Å². The van der Waals surface area contributed by atoms with Crippen molar-refractivity contribution in [2.75, 3.05) is 0 Å². The first-order chi connectivity index (χ1) is 7.84. The molecule has 1 aliphatic carbocycles. The first-order valence-electron chi connectivity index (χ1n) is 5.97. The summed E-state index contributed by atoms with van der Waals surface area (Å²) in [7, 11) is 0. The van der Waals surface area contributed by atoms with Gasteiger partial charge in [-0.05, 0) is 36.5 Å². The SMILES string of the molecule is Clc1cc(C2CCCCC2)c2cn[nH]c2c1. The second-order valence-electron chi connectivity index (χ2n) is 4.66. The summed E-state index contributed by atoms with van der Waals surface area (Å²) in [5, 5.41) is 9.18. The molecule has 0 unspecified atom stereocenters. The molecule has 0 spiro atoms. The van der Waals surface area contributed by atoms with Gasteiger partial charge in [0.25, 0.3) is 0 Å². The van der Waals surface area contributed by atoms with Crippen molar-refractivity contribution in [3.05, 3.63) is 28.9 Å². The van der Waals surface area contributed by atoms with Gasteiger partial charge in [0.2, 0.25) is 0 Å². The fraction of sp³-hybridized carbons (Fsp3) is 0.462. The number of fused-ring (bicyclic) bond motifs is 1. The topological polar surface area (TPSA) is 28.7 Å². The Morgan fingerprint density at radius 3 is 2.81 bits per heavy atom. The number of hydrogen-bond donors (Lipinski definition) is 1. The van der Waals surface area contributed by atoms with E-state index in [0.717, 1.165) is 10.5 Å². The van der Waals surface area contributed by atoms with Crippen molar-refractivity contribution in [3.63, 3.8) is 0 Å². The molecule has 1 fully saturated rings. The molecule has 1 aliphatic rings. The van der Waals surface area contributed by atoms with E-state index in [1.165, 1.54) is 43.1 Å². The van der Waals surface area contributed by atoms with Gasteiger partial charge in [0, 0.05) is 10.4 Å². The van der Waals surface area contributed by atoms with Gasteiger partial charge in [-0.2, -0.15) is 5.10 Å². The van der Waals surface area contributed by atoms with E-state index < -0.39 is 0 Å². The van der Waals surface area contributed by atoms with Crippen LogP contribution in [0.4, 0.5) is 0 Å². The van der Waals surface area contributed by atoms with Crippen LogP contribution in [0.15, 0.2) is 18.3 Å². The molecule has 84 valence electrons. The zero-order valence-electron chi connectivity index (χ0n) is 9.17. The van der Waals surface area contributed by atoms with Crippen LogP contribution in [-0.4, -0.2) is 10.2 Å². The second kappa shape index (κ2) is 4.10. The Bertz CT molecular complexity index is 498. The summed E-state index contributed by atoms with van der Waals surface area (Å²) in [5.74, 6) is 0.674. The number of halogens is 1. The smallest absolute Gasteiger partial charge is 0.0668 e. The summed E-state index contributed by atoms with van der Waals surface area (Å²) in [6.07, 6.45) is 8.58. The molecule has 0 radical (unpaired) electrons. The number of benzene rings is 1. The van der Waals surface area contributed by atoms with E-state index in [1.807, 2.05) is 12.3 Å². The van der Waals surface area contributed by atoms with Crippen LogP contribution in [0.5, 0.6) is 0 Å². The minimum absolute atomic E-state index is 0.674. The predicted octanol–water partition coefficient (Wildman–Crippen LogP) is 4.26. The van der Waals surface area contributed by atoms with E-state index in [-0.39, 0.29) is 0 Å². The van der Waals surface area contributed by atoms with Gasteiger partial charge >= 0.3 is 0 Å². The van der Waals surface area contributed by atoms with E-state index in [2.05, 4.69) is 16.3 Å². The number of nitrogens with one attached hydrogen (secondary N) is 1. The average Bonchev–Trinajstić information content (AvgIpc) is 2.77. The first-order valence-corrected chi connectivity index (χ1v) is 6.35. The van der Waals surface area contributed by atoms with Crippen LogP contribution in [0, 0.1) is 0 Å². The monoisotopic (exact) mass is 234 g/mol. The van der Waals surface area contributed by atoms with Crippen LogP contribution < -0.4 is 0 Å². The molecule has 0 bridgehead atoms. The number of aromatic amines is 1. The van der Waals surface area contributed by atoms with Gasteiger partial charge in [-0.15, -0.1) is 0 Å². The van der Waals surface area contributed by atoms with Gasteiger partial charge in [0.05, 0.1) is 11.7 Å². The number of nitrogens with zero attached hydrogens (tertiary/aromatic N) is 1. The minimum atomic E-state index is 0.674. The lowest BCUT2D eigenvalue weighted by Crippen LogP contribution is -2.04. The Morgan fingerprint density at radius 2 is 2.00 bits per heavy atom. The molecule has 1 saturated carbocycles. The van der Waals surface area contributed by atoms with E-state index >= 15 is 0 Å². The molecule has 3 heteroatoms. The van der Waals surface area contributed by atoms with Crippen molar-refractivity contribution in [1.29, 1.82) is 0 Å². The molecule has 2 aromatic rings. The van der Waals surface area contributed by atoms with E-state index in [4.69, 9.17) is 11.6 Å². The minimum Gasteiger partial charge on any atom is -0.278 e. The molecule has 0 atom stereocenters. The van der Waals surface area contributed by atoms with Gasteiger partial charge in [-0.25, -0.2) is 0 Å². The van der Waals surface area contributed by atoms with Crippen molar-refractivity contribution >= 4 is 22.5 Å². The normalized spacial score (nSPS) is 18.1. The number of rotatable bonds is 1. The first kappa shape index (κ1) is 10.2. The Hall–Kier alpha value is -1.02. The molecule has 1 aromatic carbocycles. The highest BCUT2D eigenvalue weighted by atomic mass is 35.5. The van der Waals surface area contributed by atoms with Crippen LogP contribution in [0.25, 0.3) is 10.9 Å². The highest BCUT2D eigenvalue weighted by molar-refractivity contribution is 6.31. The number of aromatic nitrogens is 2. The molecule has 0 amide bonds. The molecule has 0 aliphatic heterocycles. The largest absolute Gasteiger partial charge is 0.278 e. The Labute approximate surface area is 100.0 Å². The van der Waals surface area contributed by atoms with Crippen molar-refractivity contribution in [2.45, 2.75) is 38.0 Å². The van der Waals surface area contributed by atoms with Crippen molar-refractivity contribution in [3.8, 4) is 0 Å². The van der Waals surface area contributed by atoms with Gasteiger partial charge in [-0.3, -0.25) is 5.10 Å².